The molecule has 0 fully saturated rings. The molecule has 19 heavy (non-hydrogen) atoms. The molecule has 1 aromatic carbocycles. The summed E-state index contributed by atoms with van der Waals surface area (Å²) in [7, 11) is 0. The number of nitrogens with zero attached hydrogens (tertiary/aromatic N) is 4. The van der Waals surface area contributed by atoms with Crippen molar-refractivity contribution in [1.82, 2.24) is 31.1 Å². The minimum absolute atomic E-state index is 0.125. The number of hydrogen-bond acceptors (Lipinski definition) is 5. The fourth-order valence-electron chi connectivity index (χ4n) is 1.34. The Balaban J connectivity index is 1.98. The molecule has 98 valence electrons. The Morgan fingerprint density at radius 2 is 1.95 bits per heavy atom. The van der Waals surface area contributed by atoms with Crippen molar-refractivity contribution in [2.24, 2.45) is 0 Å². The van der Waals surface area contributed by atoms with Gasteiger partial charge in [0, 0.05) is 12.5 Å². The summed E-state index contributed by atoms with van der Waals surface area (Å²) in [5, 5.41) is 11.7. The average molecular weight is 260 g/mol. The van der Waals surface area contributed by atoms with E-state index in [1.54, 1.807) is 0 Å². The zero-order chi connectivity index (χ0) is 13.7. The van der Waals surface area contributed by atoms with Crippen molar-refractivity contribution in [3.05, 3.63) is 30.3 Å². The number of hydrazine groups is 1. The standard InChI is InChI=1S/C11H12N6O2/c1-8(18)12-13-10(19)7-17-15-11(14-16-17)9-5-3-2-4-6-9/h2-6H,7H2,1H3,(H,12,18)(H,13,19). The average Bonchev–Trinajstić information content (AvgIpc) is 2.86. The molecule has 2 aromatic rings. The van der Waals surface area contributed by atoms with Gasteiger partial charge in [-0.25, -0.2) is 0 Å². The monoisotopic (exact) mass is 260 g/mol. The third-order valence-electron chi connectivity index (χ3n) is 2.15. The normalized spacial score (nSPS) is 9.95. The van der Waals surface area contributed by atoms with Crippen molar-refractivity contribution in [2.45, 2.75) is 13.5 Å². The third-order valence-corrected chi connectivity index (χ3v) is 2.15. The molecule has 2 rings (SSSR count). The van der Waals surface area contributed by atoms with Crippen LogP contribution in [0, 0.1) is 0 Å². The van der Waals surface area contributed by atoms with Gasteiger partial charge in [0.15, 0.2) is 0 Å². The summed E-state index contributed by atoms with van der Waals surface area (Å²) in [6, 6.07) is 9.30. The van der Waals surface area contributed by atoms with Crippen LogP contribution in [0.2, 0.25) is 0 Å². The summed E-state index contributed by atoms with van der Waals surface area (Å²) in [6.07, 6.45) is 0. The second-order valence-corrected chi connectivity index (χ2v) is 3.74. The van der Waals surface area contributed by atoms with Gasteiger partial charge in [-0.05, 0) is 5.21 Å². The van der Waals surface area contributed by atoms with Crippen LogP contribution in [-0.4, -0.2) is 32.0 Å². The Morgan fingerprint density at radius 3 is 2.63 bits per heavy atom. The zero-order valence-electron chi connectivity index (χ0n) is 10.2. The topological polar surface area (TPSA) is 102 Å². The first-order chi connectivity index (χ1) is 9.15. The summed E-state index contributed by atoms with van der Waals surface area (Å²) in [4.78, 5) is 23.2. The highest BCUT2D eigenvalue weighted by molar-refractivity contribution is 5.80. The molecule has 2 N–H and O–H groups in total. The Kier molecular flexibility index (Phi) is 3.81. The van der Waals surface area contributed by atoms with Gasteiger partial charge in [-0.3, -0.25) is 20.4 Å². The lowest BCUT2D eigenvalue weighted by molar-refractivity contribution is -0.128. The molecular weight excluding hydrogens is 248 g/mol. The van der Waals surface area contributed by atoms with E-state index in [-0.39, 0.29) is 12.5 Å². The molecule has 0 radical (unpaired) electrons. The molecule has 8 heteroatoms. The molecule has 0 aliphatic carbocycles. The summed E-state index contributed by atoms with van der Waals surface area (Å²) < 4.78 is 0. The Morgan fingerprint density at radius 1 is 1.21 bits per heavy atom. The van der Waals surface area contributed by atoms with Gasteiger partial charge in [0.2, 0.25) is 11.7 Å². The largest absolute Gasteiger partial charge is 0.274 e. The van der Waals surface area contributed by atoms with Crippen LogP contribution in [0.4, 0.5) is 0 Å². The van der Waals surface area contributed by atoms with Crippen molar-refractivity contribution < 1.29 is 9.59 Å². The van der Waals surface area contributed by atoms with E-state index in [0.717, 1.165) is 10.4 Å². The SMILES string of the molecule is CC(=O)NNC(=O)Cn1nnc(-c2ccccc2)n1. The summed E-state index contributed by atoms with van der Waals surface area (Å²) in [5.41, 5.74) is 5.20. The smallest absolute Gasteiger partial charge is 0.262 e. The molecule has 0 aliphatic rings. The molecule has 2 amide bonds. The number of rotatable bonds is 3. The lowest BCUT2D eigenvalue weighted by Gasteiger charge is -2.03. The van der Waals surface area contributed by atoms with Gasteiger partial charge < -0.3 is 0 Å². The first kappa shape index (κ1) is 12.7. The zero-order valence-corrected chi connectivity index (χ0v) is 10.2. The highest BCUT2D eigenvalue weighted by Gasteiger charge is 2.08. The molecule has 0 atom stereocenters. The first-order valence-electron chi connectivity index (χ1n) is 5.54. The summed E-state index contributed by atoms with van der Waals surface area (Å²) in [5.74, 6) is -0.356. The number of carbonyl (C=O) groups is 2. The van der Waals surface area contributed by atoms with Crippen LogP contribution >= 0.6 is 0 Å². The molecule has 0 spiro atoms. The predicted molar refractivity (Wildman–Crippen MR) is 65.2 cm³/mol. The molecule has 0 saturated carbocycles. The second-order valence-electron chi connectivity index (χ2n) is 3.74. The van der Waals surface area contributed by atoms with Crippen LogP contribution in [0.3, 0.4) is 0 Å². The van der Waals surface area contributed by atoms with Crippen molar-refractivity contribution in [3.63, 3.8) is 0 Å². The molecule has 1 aromatic heterocycles. The van der Waals surface area contributed by atoms with Crippen LogP contribution in [0.5, 0.6) is 0 Å². The lowest BCUT2D eigenvalue weighted by atomic mass is 10.2. The molecule has 0 unspecified atom stereocenters. The van der Waals surface area contributed by atoms with Crippen molar-refractivity contribution >= 4 is 11.8 Å². The number of aromatic nitrogens is 4. The van der Waals surface area contributed by atoms with Crippen LogP contribution < -0.4 is 10.9 Å². The van der Waals surface area contributed by atoms with Crippen molar-refractivity contribution in [2.75, 3.05) is 0 Å². The fraction of sp³-hybridized carbons (Fsp3) is 0.182. The number of hydrogen-bond donors (Lipinski definition) is 2. The van der Waals surface area contributed by atoms with Crippen LogP contribution in [0.1, 0.15) is 6.92 Å². The van der Waals surface area contributed by atoms with E-state index < -0.39 is 5.91 Å². The van der Waals surface area contributed by atoms with E-state index in [4.69, 9.17) is 0 Å². The van der Waals surface area contributed by atoms with Gasteiger partial charge in [-0.2, -0.15) is 4.80 Å². The predicted octanol–water partition coefficient (Wildman–Crippen LogP) is -0.493. The molecule has 1 heterocycles. The number of nitrogens with one attached hydrogen (secondary N) is 2. The van der Waals surface area contributed by atoms with E-state index in [1.807, 2.05) is 30.3 Å². The van der Waals surface area contributed by atoms with E-state index in [1.165, 1.54) is 6.92 Å². The summed E-state index contributed by atoms with van der Waals surface area (Å²) in [6.45, 7) is 1.17. The fourth-order valence-corrected chi connectivity index (χ4v) is 1.34. The van der Waals surface area contributed by atoms with Gasteiger partial charge in [0.05, 0.1) is 0 Å². The van der Waals surface area contributed by atoms with E-state index in [2.05, 4.69) is 26.3 Å². The summed E-state index contributed by atoms with van der Waals surface area (Å²) >= 11 is 0. The van der Waals surface area contributed by atoms with Gasteiger partial charge in [-0.15, -0.1) is 10.2 Å². The molecule has 0 saturated heterocycles. The van der Waals surface area contributed by atoms with Crippen LogP contribution in [0.15, 0.2) is 30.3 Å². The minimum atomic E-state index is -0.438. The Labute approximate surface area is 108 Å². The Bertz CT molecular complexity index is 580. The second kappa shape index (κ2) is 5.71. The highest BCUT2D eigenvalue weighted by Crippen LogP contribution is 2.11. The van der Waals surface area contributed by atoms with Gasteiger partial charge in [0.25, 0.3) is 5.91 Å². The quantitative estimate of drug-likeness (QED) is 0.725. The molecule has 0 aliphatic heterocycles. The number of tetrazole rings is 1. The van der Waals surface area contributed by atoms with Crippen molar-refractivity contribution in [1.29, 1.82) is 0 Å². The number of benzene rings is 1. The van der Waals surface area contributed by atoms with E-state index in [9.17, 15) is 9.59 Å². The maximum Gasteiger partial charge on any atom is 0.262 e. The maximum atomic E-state index is 11.4. The van der Waals surface area contributed by atoms with Crippen molar-refractivity contribution in [3.8, 4) is 11.4 Å². The lowest BCUT2D eigenvalue weighted by Crippen LogP contribution is -2.42. The Hall–Kier alpha value is -2.77. The van der Waals surface area contributed by atoms with Crippen LogP contribution in [0.25, 0.3) is 11.4 Å². The minimum Gasteiger partial charge on any atom is -0.274 e. The molecule has 0 bridgehead atoms. The maximum absolute atomic E-state index is 11.4. The van der Waals surface area contributed by atoms with Crippen LogP contribution in [-0.2, 0) is 16.1 Å². The van der Waals surface area contributed by atoms with Gasteiger partial charge in [-0.1, -0.05) is 30.3 Å². The highest BCUT2D eigenvalue weighted by atomic mass is 16.2. The molecular formula is C11H12N6O2. The van der Waals surface area contributed by atoms with E-state index in [0.29, 0.717) is 5.82 Å². The number of carbonyl (C=O) groups excluding carboxylic acids is 2. The van der Waals surface area contributed by atoms with E-state index >= 15 is 0 Å². The third kappa shape index (κ3) is 3.60. The van der Waals surface area contributed by atoms with Gasteiger partial charge in [0.1, 0.15) is 6.54 Å². The number of amides is 2. The van der Waals surface area contributed by atoms with Gasteiger partial charge >= 0.3 is 0 Å². The first-order valence-corrected chi connectivity index (χ1v) is 5.54. The molecule has 8 nitrogen and oxygen atoms in total.